The van der Waals surface area contributed by atoms with Crippen LogP contribution in [0.25, 0.3) is 0 Å². The van der Waals surface area contributed by atoms with E-state index in [9.17, 15) is 0 Å². The summed E-state index contributed by atoms with van der Waals surface area (Å²) in [6.07, 6.45) is 0. The second-order valence-electron chi connectivity index (χ2n) is 6.47. The van der Waals surface area contributed by atoms with Crippen LogP contribution in [-0.2, 0) is 9.05 Å². The summed E-state index contributed by atoms with van der Waals surface area (Å²) < 4.78 is 17.8. The zero-order valence-electron chi connectivity index (χ0n) is 13.5. The second-order valence-corrected chi connectivity index (χ2v) is 7.46. The quantitative estimate of drug-likeness (QED) is 0.780. The summed E-state index contributed by atoms with van der Waals surface area (Å²) in [7, 11) is 0.386. The number of anilines is 1. The molecule has 0 aliphatic rings. The smallest absolute Gasteiger partial charge is 0.398 e. The average molecular weight is 299 g/mol. The molecule has 0 aliphatic carbocycles. The van der Waals surface area contributed by atoms with E-state index in [4.69, 9.17) is 13.6 Å². The van der Waals surface area contributed by atoms with Gasteiger partial charge in [0.15, 0.2) is 5.75 Å². The Morgan fingerprint density at radius 1 is 0.900 bits per heavy atom. The molecule has 0 saturated carbocycles. The van der Waals surface area contributed by atoms with Gasteiger partial charge in [0.05, 0.1) is 16.9 Å². The summed E-state index contributed by atoms with van der Waals surface area (Å²) in [6, 6.07) is 7.74. The molecule has 1 N–H and O–H groups in total. The lowest BCUT2D eigenvalue weighted by atomic mass is 10.2. The molecular formula is C15H26NO3P. The van der Waals surface area contributed by atoms with Crippen molar-refractivity contribution in [2.24, 2.45) is 0 Å². The summed E-state index contributed by atoms with van der Waals surface area (Å²) in [5, 5.41) is 3.10. The van der Waals surface area contributed by atoms with Gasteiger partial charge in [-0.3, -0.25) is 9.05 Å². The van der Waals surface area contributed by atoms with E-state index >= 15 is 0 Å². The third-order valence-corrected chi connectivity index (χ3v) is 3.77. The number of para-hydroxylation sites is 2. The summed E-state index contributed by atoms with van der Waals surface area (Å²) in [4.78, 5) is 0. The fraction of sp³-hybridized carbons (Fsp3) is 0.600. The predicted octanol–water partition coefficient (Wildman–Crippen LogP) is 4.96. The Morgan fingerprint density at radius 2 is 1.40 bits per heavy atom. The minimum absolute atomic E-state index is 0.328. The van der Waals surface area contributed by atoms with Gasteiger partial charge in [0.1, 0.15) is 0 Å². The van der Waals surface area contributed by atoms with Gasteiger partial charge < -0.3 is 9.84 Å². The normalized spacial score (nSPS) is 12.6. The first kappa shape index (κ1) is 17.2. The average Bonchev–Trinajstić information content (AvgIpc) is 2.25. The van der Waals surface area contributed by atoms with Gasteiger partial charge in [0, 0.05) is 7.05 Å². The van der Waals surface area contributed by atoms with Crippen molar-refractivity contribution in [3.63, 3.8) is 0 Å². The van der Waals surface area contributed by atoms with Gasteiger partial charge in [0.25, 0.3) is 0 Å². The van der Waals surface area contributed by atoms with Crippen molar-refractivity contribution in [3.8, 4) is 5.75 Å². The zero-order chi connectivity index (χ0) is 15.4. The third kappa shape index (κ3) is 6.56. The fourth-order valence-corrected chi connectivity index (χ4v) is 2.66. The molecule has 1 aromatic rings. The van der Waals surface area contributed by atoms with Crippen molar-refractivity contribution < 1.29 is 13.6 Å². The molecule has 0 unspecified atom stereocenters. The Bertz CT molecular complexity index is 408. The van der Waals surface area contributed by atoms with E-state index in [1.165, 1.54) is 0 Å². The molecule has 0 heterocycles. The Hall–Kier alpha value is -0.830. The fourth-order valence-electron chi connectivity index (χ4n) is 1.34. The van der Waals surface area contributed by atoms with Gasteiger partial charge in [-0.25, -0.2) is 0 Å². The number of nitrogens with one attached hydrogen (secondary N) is 1. The Morgan fingerprint density at radius 3 is 1.85 bits per heavy atom. The predicted molar refractivity (Wildman–Crippen MR) is 85.2 cm³/mol. The van der Waals surface area contributed by atoms with E-state index in [1.54, 1.807) is 0 Å². The summed E-state index contributed by atoms with van der Waals surface area (Å²) >= 11 is 0. The molecule has 1 aromatic carbocycles. The van der Waals surface area contributed by atoms with E-state index < -0.39 is 8.60 Å². The molecule has 0 saturated heterocycles. The molecule has 0 bridgehead atoms. The number of hydrogen-bond acceptors (Lipinski definition) is 4. The lowest BCUT2D eigenvalue weighted by molar-refractivity contribution is 0.0505. The molecule has 114 valence electrons. The van der Waals surface area contributed by atoms with Crippen LogP contribution >= 0.6 is 8.60 Å². The van der Waals surface area contributed by atoms with Crippen LogP contribution in [0.1, 0.15) is 41.5 Å². The number of rotatable bonds is 5. The van der Waals surface area contributed by atoms with Gasteiger partial charge in [-0.15, -0.1) is 0 Å². The molecule has 0 atom stereocenters. The SMILES string of the molecule is CNc1ccccc1OP(OC(C)(C)C)OC(C)(C)C. The van der Waals surface area contributed by atoms with Crippen LogP contribution in [0.2, 0.25) is 0 Å². The third-order valence-electron chi connectivity index (χ3n) is 2.03. The van der Waals surface area contributed by atoms with Crippen molar-refractivity contribution in [2.45, 2.75) is 52.7 Å². The minimum Gasteiger partial charge on any atom is -0.425 e. The molecular weight excluding hydrogens is 273 g/mol. The topological polar surface area (TPSA) is 39.7 Å². The van der Waals surface area contributed by atoms with E-state index in [0.717, 1.165) is 11.4 Å². The second kappa shape index (κ2) is 6.75. The Kier molecular flexibility index (Phi) is 5.81. The molecule has 0 aliphatic heterocycles. The molecule has 0 amide bonds. The van der Waals surface area contributed by atoms with Crippen LogP contribution < -0.4 is 9.84 Å². The number of benzene rings is 1. The maximum atomic E-state index is 5.95. The van der Waals surface area contributed by atoms with E-state index in [0.29, 0.717) is 0 Å². The standard InChI is InChI=1S/C15H26NO3P/c1-14(2,3)18-20(19-15(4,5)6)17-13-11-9-8-10-12(13)16-7/h8-11,16H,1-7H3. The highest BCUT2D eigenvalue weighted by Gasteiger charge is 2.29. The summed E-state index contributed by atoms with van der Waals surface area (Å²) in [5.74, 6) is 0.731. The van der Waals surface area contributed by atoms with Crippen molar-refractivity contribution in [3.05, 3.63) is 24.3 Å². The van der Waals surface area contributed by atoms with Crippen LogP contribution in [0.5, 0.6) is 5.75 Å². The van der Waals surface area contributed by atoms with Crippen LogP contribution in [0.3, 0.4) is 0 Å². The van der Waals surface area contributed by atoms with Gasteiger partial charge in [-0.2, -0.15) is 0 Å². The Labute approximate surface area is 123 Å². The van der Waals surface area contributed by atoms with E-state index in [2.05, 4.69) is 5.32 Å². The molecule has 20 heavy (non-hydrogen) atoms. The number of hydrogen-bond donors (Lipinski definition) is 1. The molecule has 1 rings (SSSR count). The van der Waals surface area contributed by atoms with Crippen molar-refractivity contribution >= 4 is 14.3 Å². The highest BCUT2D eigenvalue weighted by atomic mass is 31.2. The van der Waals surface area contributed by atoms with Gasteiger partial charge >= 0.3 is 8.60 Å². The first-order valence-corrected chi connectivity index (χ1v) is 7.83. The van der Waals surface area contributed by atoms with Crippen LogP contribution in [0.15, 0.2) is 24.3 Å². The van der Waals surface area contributed by atoms with Crippen LogP contribution in [0.4, 0.5) is 5.69 Å². The minimum atomic E-state index is -1.47. The van der Waals surface area contributed by atoms with Crippen molar-refractivity contribution in [2.75, 3.05) is 12.4 Å². The van der Waals surface area contributed by atoms with E-state index in [-0.39, 0.29) is 11.2 Å². The highest BCUT2D eigenvalue weighted by Crippen LogP contribution is 2.48. The van der Waals surface area contributed by atoms with Crippen LogP contribution in [0, 0.1) is 0 Å². The molecule has 0 fully saturated rings. The van der Waals surface area contributed by atoms with E-state index in [1.807, 2.05) is 72.9 Å². The molecule has 4 nitrogen and oxygen atoms in total. The molecule has 0 radical (unpaired) electrons. The maximum absolute atomic E-state index is 5.95. The van der Waals surface area contributed by atoms with Crippen molar-refractivity contribution in [1.82, 2.24) is 0 Å². The molecule has 0 aromatic heterocycles. The van der Waals surface area contributed by atoms with Gasteiger partial charge in [0.2, 0.25) is 0 Å². The zero-order valence-corrected chi connectivity index (χ0v) is 14.4. The summed E-state index contributed by atoms with van der Waals surface area (Å²) in [5.41, 5.74) is 0.256. The monoisotopic (exact) mass is 299 g/mol. The highest BCUT2D eigenvalue weighted by molar-refractivity contribution is 7.42. The van der Waals surface area contributed by atoms with Gasteiger partial charge in [-0.05, 0) is 53.7 Å². The molecule has 5 heteroatoms. The maximum Gasteiger partial charge on any atom is 0.398 e. The largest absolute Gasteiger partial charge is 0.425 e. The van der Waals surface area contributed by atoms with Crippen LogP contribution in [-0.4, -0.2) is 18.2 Å². The first-order chi connectivity index (χ1) is 9.11. The molecule has 0 spiro atoms. The van der Waals surface area contributed by atoms with Gasteiger partial charge in [-0.1, -0.05) is 12.1 Å². The summed E-state index contributed by atoms with van der Waals surface area (Å²) in [6.45, 7) is 11.9. The van der Waals surface area contributed by atoms with Crippen molar-refractivity contribution in [1.29, 1.82) is 0 Å². The Balaban J connectivity index is 2.88. The lowest BCUT2D eigenvalue weighted by Gasteiger charge is -2.30. The lowest BCUT2D eigenvalue weighted by Crippen LogP contribution is -2.23. The first-order valence-electron chi connectivity index (χ1n) is 6.74.